The van der Waals surface area contributed by atoms with Crippen LogP contribution in [0, 0.1) is 30.6 Å². The van der Waals surface area contributed by atoms with Crippen LogP contribution in [-0.4, -0.2) is 6.04 Å². The van der Waals surface area contributed by atoms with Gasteiger partial charge in [0.25, 0.3) is 0 Å². The molecule has 2 heteroatoms. The van der Waals surface area contributed by atoms with E-state index in [1.165, 1.54) is 47.7 Å². The summed E-state index contributed by atoms with van der Waals surface area (Å²) in [6.07, 6.45) is 7.51. The number of hydrogen-bond donors (Lipinski definition) is 1. The van der Waals surface area contributed by atoms with Gasteiger partial charge in [0.1, 0.15) is 0 Å². The molecule has 1 aromatic rings. The summed E-state index contributed by atoms with van der Waals surface area (Å²) < 4.78 is 1.22. The third-order valence-corrected chi connectivity index (χ3v) is 7.11. The number of aryl methyl sites for hydroxylation is 1. The summed E-state index contributed by atoms with van der Waals surface area (Å²) in [7, 11) is 0. The Labute approximate surface area is 130 Å². The van der Waals surface area contributed by atoms with Crippen molar-refractivity contribution in [3.63, 3.8) is 0 Å². The van der Waals surface area contributed by atoms with Crippen molar-refractivity contribution in [1.29, 1.82) is 0 Å². The van der Waals surface area contributed by atoms with E-state index in [4.69, 9.17) is 0 Å². The zero-order valence-corrected chi connectivity index (χ0v) is 13.8. The summed E-state index contributed by atoms with van der Waals surface area (Å²) in [4.78, 5) is 0. The minimum Gasteiger partial charge on any atom is -0.310 e. The second-order valence-electron chi connectivity index (χ2n) is 7.22. The minimum absolute atomic E-state index is 0.795. The predicted molar refractivity (Wildman–Crippen MR) is 86.6 cm³/mol. The van der Waals surface area contributed by atoms with E-state index in [-0.39, 0.29) is 0 Å². The van der Waals surface area contributed by atoms with E-state index in [1.54, 1.807) is 0 Å². The molecule has 0 heterocycles. The van der Waals surface area contributed by atoms with Crippen LogP contribution >= 0.6 is 15.9 Å². The van der Waals surface area contributed by atoms with Crippen LogP contribution in [0.2, 0.25) is 0 Å². The van der Waals surface area contributed by atoms with E-state index < -0.39 is 0 Å². The van der Waals surface area contributed by atoms with E-state index in [9.17, 15) is 0 Å². The topological polar surface area (TPSA) is 12.0 Å². The molecule has 108 valence electrons. The normalized spacial score (nSPS) is 38.4. The average molecular weight is 334 g/mol. The van der Waals surface area contributed by atoms with Crippen molar-refractivity contribution in [3.8, 4) is 0 Å². The van der Waals surface area contributed by atoms with Gasteiger partial charge in [-0.1, -0.05) is 34.5 Å². The molecule has 0 spiro atoms. The number of halogens is 1. The van der Waals surface area contributed by atoms with E-state index in [1.807, 2.05) is 0 Å². The SMILES string of the molecule is Cc1cc(CNC2CC3CC2C2CCCC32)ccc1Br. The van der Waals surface area contributed by atoms with Gasteiger partial charge in [0.05, 0.1) is 0 Å². The largest absolute Gasteiger partial charge is 0.310 e. The van der Waals surface area contributed by atoms with E-state index in [2.05, 4.69) is 46.4 Å². The maximum Gasteiger partial charge on any atom is 0.0208 e. The first-order chi connectivity index (χ1) is 9.72. The molecule has 0 amide bonds. The fourth-order valence-electron chi connectivity index (χ4n) is 5.37. The van der Waals surface area contributed by atoms with Gasteiger partial charge in [0.2, 0.25) is 0 Å². The molecule has 0 radical (unpaired) electrons. The lowest BCUT2D eigenvalue weighted by Gasteiger charge is -2.32. The second-order valence-corrected chi connectivity index (χ2v) is 8.08. The van der Waals surface area contributed by atoms with Crippen molar-refractivity contribution in [2.45, 2.75) is 51.6 Å². The van der Waals surface area contributed by atoms with Gasteiger partial charge in [-0.05, 0) is 73.5 Å². The zero-order chi connectivity index (χ0) is 13.7. The molecule has 0 aliphatic heterocycles. The summed E-state index contributed by atoms with van der Waals surface area (Å²) in [6, 6.07) is 7.53. The molecule has 3 aliphatic carbocycles. The summed E-state index contributed by atoms with van der Waals surface area (Å²) >= 11 is 3.58. The first-order valence-corrected chi connectivity index (χ1v) is 9.00. The lowest BCUT2D eigenvalue weighted by Crippen LogP contribution is -2.38. The Morgan fingerprint density at radius 1 is 1.15 bits per heavy atom. The van der Waals surface area contributed by atoms with Crippen LogP contribution in [-0.2, 0) is 6.54 Å². The molecule has 1 N–H and O–H groups in total. The van der Waals surface area contributed by atoms with Crippen LogP contribution in [0.1, 0.15) is 43.2 Å². The summed E-state index contributed by atoms with van der Waals surface area (Å²) in [5.41, 5.74) is 2.77. The summed E-state index contributed by atoms with van der Waals surface area (Å²) in [6.45, 7) is 3.22. The molecule has 5 atom stereocenters. The van der Waals surface area contributed by atoms with Crippen molar-refractivity contribution in [1.82, 2.24) is 5.32 Å². The molecule has 2 bridgehead atoms. The maximum absolute atomic E-state index is 3.87. The highest BCUT2D eigenvalue weighted by Gasteiger charge is 2.53. The molecule has 5 unspecified atom stereocenters. The van der Waals surface area contributed by atoms with Crippen molar-refractivity contribution in [2.75, 3.05) is 0 Å². The van der Waals surface area contributed by atoms with Gasteiger partial charge in [0.15, 0.2) is 0 Å². The molecule has 1 nitrogen and oxygen atoms in total. The Balaban J connectivity index is 1.40. The number of hydrogen-bond acceptors (Lipinski definition) is 1. The quantitative estimate of drug-likeness (QED) is 0.847. The van der Waals surface area contributed by atoms with E-state index in [0.717, 1.165) is 36.3 Å². The molecule has 0 saturated heterocycles. The van der Waals surface area contributed by atoms with E-state index >= 15 is 0 Å². The van der Waals surface area contributed by atoms with Gasteiger partial charge >= 0.3 is 0 Å². The molecule has 3 fully saturated rings. The highest BCUT2D eigenvalue weighted by molar-refractivity contribution is 9.10. The first-order valence-electron chi connectivity index (χ1n) is 8.21. The van der Waals surface area contributed by atoms with Crippen molar-refractivity contribution in [3.05, 3.63) is 33.8 Å². The van der Waals surface area contributed by atoms with Crippen molar-refractivity contribution < 1.29 is 0 Å². The smallest absolute Gasteiger partial charge is 0.0208 e. The second kappa shape index (κ2) is 5.14. The summed E-state index contributed by atoms with van der Waals surface area (Å²) in [5.74, 6) is 4.21. The van der Waals surface area contributed by atoms with Crippen LogP contribution in [0.25, 0.3) is 0 Å². The Kier molecular flexibility index (Phi) is 3.42. The molecule has 0 aromatic heterocycles. The Morgan fingerprint density at radius 3 is 2.85 bits per heavy atom. The Hall–Kier alpha value is -0.340. The molecule has 3 aliphatic rings. The average Bonchev–Trinajstić information content (AvgIpc) is 3.11. The lowest BCUT2D eigenvalue weighted by atomic mass is 9.79. The van der Waals surface area contributed by atoms with Gasteiger partial charge in [-0.3, -0.25) is 0 Å². The number of rotatable bonds is 3. The van der Waals surface area contributed by atoms with Gasteiger partial charge in [-0.15, -0.1) is 0 Å². The zero-order valence-electron chi connectivity index (χ0n) is 12.2. The van der Waals surface area contributed by atoms with Crippen molar-refractivity contribution in [2.24, 2.45) is 23.7 Å². The molecule has 1 aromatic carbocycles. The van der Waals surface area contributed by atoms with Crippen LogP contribution in [0.3, 0.4) is 0 Å². The lowest BCUT2D eigenvalue weighted by molar-refractivity contribution is 0.208. The fourth-order valence-corrected chi connectivity index (χ4v) is 5.62. The minimum atomic E-state index is 0.795. The number of fused-ring (bicyclic) bond motifs is 5. The number of benzene rings is 1. The van der Waals surface area contributed by atoms with Crippen LogP contribution in [0.5, 0.6) is 0 Å². The Morgan fingerprint density at radius 2 is 2.00 bits per heavy atom. The van der Waals surface area contributed by atoms with E-state index in [0.29, 0.717) is 0 Å². The van der Waals surface area contributed by atoms with Crippen LogP contribution in [0.4, 0.5) is 0 Å². The third kappa shape index (κ3) is 2.16. The molecular formula is C18H24BrN. The van der Waals surface area contributed by atoms with Gasteiger partial charge in [0, 0.05) is 17.1 Å². The standard InChI is InChI=1S/C18H24BrN/c1-11-7-12(5-6-17(11)19)10-20-18-9-13-8-16(18)15-4-2-3-14(13)15/h5-7,13-16,18,20H,2-4,8-10H2,1H3. The molecule has 4 rings (SSSR count). The summed E-state index contributed by atoms with van der Waals surface area (Å²) in [5, 5.41) is 3.87. The third-order valence-electron chi connectivity index (χ3n) is 6.22. The highest BCUT2D eigenvalue weighted by atomic mass is 79.9. The van der Waals surface area contributed by atoms with Crippen molar-refractivity contribution >= 4 is 15.9 Å². The van der Waals surface area contributed by atoms with Gasteiger partial charge in [-0.2, -0.15) is 0 Å². The highest BCUT2D eigenvalue weighted by Crippen LogP contribution is 2.58. The molecule has 3 saturated carbocycles. The van der Waals surface area contributed by atoms with Crippen LogP contribution < -0.4 is 5.32 Å². The molecular weight excluding hydrogens is 310 g/mol. The predicted octanol–water partition coefficient (Wildman–Crippen LogP) is 4.67. The molecule has 20 heavy (non-hydrogen) atoms. The van der Waals surface area contributed by atoms with Gasteiger partial charge < -0.3 is 5.32 Å². The number of nitrogens with one attached hydrogen (secondary N) is 1. The fraction of sp³-hybridized carbons (Fsp3) is 0.667. The van der Waals surface area contributed by atoms with Crippen LogP contribution in [0.15, 0.2) is 22.7 Å². The monoisotopic (exact) mass is 333 g/mol. The maximum atomic E-state index is 3.87. The van der Waals surface area contributed by atoms with Gasteiger partial charge in [-0.25, -0.2) is 0 Å². The first kappa shape index (κ1) is 13.3. The Bertz CT molecular complexity index is 512.